The van der Waals surface area contributed by atoms with Crippen LogP contribution in [0, 0.1) is 0 Å². The second-order valence-corrected chi connectivity index (χ2v) is 4.77. The molecule has 0 radical (unpaired) electrons. The van der Waals surface area contributed by atoms with Crippen LogP contribution in [0.4, 0.5) is 0 Å². The Morgan fingerprint density at radius 3 is 2.87 bits per heavy atom. The summed E-state index contributed by atoms with van der Waals surface area (Å²) >= 11 is 4.99. The van der Waals surface area contributed by atoms with Crippen molar-refractivity contribution in [1.29, 1.82) is 0 Å². The van der Waals surface area contributed by atoms with E-state index >= 15 is 0 Å². The van der Waals surface area contributed by atoms with Crippen LogP contribution in [0.1, 0.15) is 5.56 Å². The predicted octanol–water partition coefficient (Wildman–Crippen LogP) is 2.13. The molecule has 0 aromatic heterocycles. The molecular weight excluding hydrogens is 278 g/mol. The molecule has 0 saturated carbocycles. The van der Waals surface area contributed by atoms with Gasteiger partial charge in [-0.25, -0.2) is 0 Å². The number of benzene rings is 1. The van der Waals surface area contributed by atoms with Crippen LogP contribution in [0.2, 0.25) is 0 Å². The molecule has 0 amide bonds. The maximum atomic E-state index is 10.7. The van der Waals surface area contributed by atoms with Gasteiger partial charge in [0.05, 0.1) is 0 Å². The number of halogens is 1. The molecular formula is C10H12BrNO2S. The number of aliphatic carboxylic acids is 1. The zero-order valence-corrected chi connectivity index (χ0v) is 10.6. The third-order valence-corrected chi connectivity index (χ3v) is 3.60. The van der Waals surface area contributed by atoms with E-state index < -0.39 is 12.0 Å². The highest BCUT2D eigenvalue weighted by molar-refractivity contribution is 9.10. The summed E-state index contributed by atoms with van der Waals surface area (Å²) in [5.74, 6) is -0.974. The van der Waals surface area contributed by atoms with E-state index in [9.17, 15) is 4.79 Å². The number of thioether (sulfide) groups is 1. The van der Waals surface area contributed by atoms with Crippen LogP contribution >= 0.6 is 27.7 Å². The molecule has 3 nitrogen and oxygen atoms in total. The summed E-state index contributed by atoms with van der Waals surface area (Å²) in [5, 5.41) is 8.75. The lowest BCUT2D eigenvalue weighted by molar-refractivity contribution is -0.138. The van der Waals surface area contributed by atoms with Crippen molar-refractivity contribution < 1.29 is 9.90 Å². The molecule has 82 valence electrons. The molecule has 1 aromatic carbocycles. The van der Waals surface area contributed by atoms with Crippen molar-refractivity contribution in [2.45, 2.75) is 17.4 Å². The lowest BCUT2D eigenvalue weighted by atomic mass is 10.1. The number of carbonyl (C=O) groups is 1. The van der Waals surface area contributed by atoms with E-state index in [1.807, 2.05) is 24.5 Å². The molecule has 3 N–H and O–H groups in total. The van der Waals surface area contributed by atoms with Crippen LogP contribution in [0.25, 0.3) is 0 Å². The van der Waals surface area contributed by atoms with Crippen molar-refractivity contribution in [2.24, 2.45) is 5.73 Å². The molecule has 0 aliphatic carbocycles. The average molecular weight is 290 g/mol. The summed E-state index contributed by atoms with van der Waals surface area (Å²) < 4.78 is 0.908. The fourth-order valence-electron chi connectivity index (χ4n) is 1.24. The number of hydrogen-bond donors (Lipinski definition) is 2. The van der Waals surface area contributed by atoms with Crippen LogP contribution in [0.15, 0.2) is 27.6 Å². The van der Waals surface area contributed by atoms with Gasteiger partial charge in [0.25, 0.3) is 0 Å². The van der Waals surface area contributed by atoms with Crippen LogP contribution in [0.5, 0.6) is 0 Å². The maximum absolute atomic E-state index is 10.7. The number of nitrogens with two attached hydrogens (primary N) is 1. The van der Waals surface area contributed by atoms with Crippen LogP contribution < -0.4 is 5.73 Å². The first-order valence-corrected chi connectivity index (χ1v) is 6.37. The van der Waals surface area contributed by atoms with E-state index in [4.69, 9.17) is 10.8 Å². The Kier molecular flexibility index (Phi) is 4.63. The molecule has 0 aliphatic heterocycles. The Hall–Kier alpha value is -0.520. The minimum atomic E-state index is -0.974. The summed E-state index contributed by atoms with van der Waals surface area (Å²) in [6.07, 6.45) is 2.30. The Labute approximate surface area is 101 Å². The average Bonchev–Trinajstić information content (AvgIpc) is 2.20. The van der Waals surface area contributed by atoms with E-state index in [-0.39, 0.29) is 0 Å². The molecule has 15 heavy (non-hydrogen) atoms. The van der Waals surface area contributed by atoms with Crippen molar-refractivity contribution in [1.82, 2.24) is 0 Å². The quantitative estimate of drug-likeness (QED) is 0.834. The molecule has 1 rings (SSSR count). The van der Waals surface area contributed by atoms with Gasteiger partial charge in [-0.05, 0) is 24.0 Å². The Bertz CT molecular complexity index is 370. The molecule has 0 aliphatic rings. The van der Waals surface area contributed by atoms with E-state index in [0.29, 0.717) is 6.42 Å². The third-order valence-electron chi connectivity index (χ3n) is 2.04. The Morgan fingerprint density at radius 1 is 1.67 bits per heavy atom. The molecule has 1 atom stereocenters. The zero-order chi connectivity index (χ0) is 11.4. The summed E-state index contributed by atoms with van der Waals surface area (Å²) in [5.41, 5.74) is 6.47. The first-order valence-electron chi connectivity index (χ1n) is 4.36. The molecule has 1 aromatic rings. The fourth-order valence-corrected chi connectivity index (χ4v) is 2.55. The molecule has 0 heterocycles. The Morgan fingerprint density at radius 2 is 2.33 bits per heavy atom. The van der Waals surface area contributed by atoms with E-state index in [1.165, 1.54) is 0 Å². The largest absolute Gasteiger partial charge is 0.480 e. The molecule has 5 heteroatoms. The number of rotatable bonds is 4. The molecule has 0 bridgehead atoms. The molecule has 0 spiro atoms. The van der Waals surface area contributed by atoms with E-state index in [1.54, 1.807) is 11.8 Å². The van der Waals surface area contributed by atoms with Gasteiger partial charge in [0.1, 0.15) is 6.04 Å². The predicted molar refractivity (Wildman–Crippen MR) is 65.2 cm³/mol. The summed E-state index contributed by atoms with van der Waals surface area (Å²) in [4.78, 5) is 11.7. The standard InChI is InChI=1S/C10H12BrNO2S/c1-15-9-4-2-3-7(11)6(9)5-8(12)10(13)14/h2-4,8H,5,12H2,1H3,(H,13,14). The molecule has 0 saturated heterocycles. The van der Waals surface area contributed by atoms with Gasteiger partial charge in [-0.15, -0.1) is 11.8 Å². The van der Waals surface area contributed by atoms with E-state index in [0.717, 1.165) is 14.9 Å². The second-order valence-electron chi connectivity index (χ2n) is 3.07. The van der Waals surface area contributed by atoms with Gasteiger partial charge >= 0.3 is 5.97 Å². The van der Waals surface area contributed by atoms with Crippen molar-refractivity contribution in [3.05, 3.63) is 28.2 Å². The van der Waals surface area contributed by atoms with Gasteiger partial charge in [-0.3, -0.25) is 4.79 Å². The van der Waals surface area contributed by atoms with Crippen molar-refractivity contribution in [2.75, 3.05) is 6.26 Å². The van der Waals surface area contributed by atoms with Gasteiger partial charge in [0.2, 0.25) is 0 Å². The topological polar surface area (TPSA) is 63.3 Å². The van der Waals surface area contributed by atoms with Gasteiger partial charge in [-0.2, -0.15) is 0 Å². The van der Waals surface area contributed by atoms with Gasteiger partial charge < -0.3 is 10.8 Å². The highest BCUT2D eigenvalue weighted by atomic mass is 79.9. The fraction of sp³-hybridized carbons (Fsp3) is 0.300. The lowest BCUT2D eigenvalue weighted by Crippen LogP contribution is -2.32. The molecule has 0 fully saturated rings. The number of hydrogen-bond acceptors (Lipinski definition) is 3. The summed E-state index contributed by atoms with van der Waals surface area (Å²) in [6.45, 7) is 0. The highest BCUT2D eigenvalue weighted by Crippen LogP contribution is 2.28. The zero-order valence-electron chi connectivity index (χ0n) is 8.24. The SMILES string of the molecule is CSc1cccc(Br)c1CC(N)C(=O)O. The van der Waals surface area contributed by atoms with Gasteiger partial charge in [0.15, 0.2) is 0 Å². The van der Waals surface area contributed by atoms with Gasteiger partial charge in [0, 0.05) is 15.8 Å². The van der Waals surface area contributed by atoms with Crippen molar-refractivity contribution in [3.63, 3.8) is 0 Å². The second kappa shape index (κ2) is 5.53. The lowest BCUT2D eigenvalue weighted by Gasteiger charge is -2.12. The normalized spacial score (nSPS) is 12.5. The van der Waals surface area contributed by atoms with Gasteiger partial charge in [-0.1, -0.05) is 22.0 Å². The highest BCUT2D eigenvalue weighted by Gasteiger charge is 2.16. The minimum absolute atomic E-state index is 0.340. The van der Waals surface area contributed by atoms with Crippen LogP contribution in [-0.2, 0) is 11.2 Å². The maximum Gasteiger partial charge on any atom is 0.320 e. The molecule has 1 unspecified atom stereocenters. The smallest absolute Gasteiger partial charge is 0.320 e. The number of carboxylic acids is 1. The third kappa shape index (κ3) is 3.22. The van der Waals surface area contributed by atoms with Crippen molar-refractivity contribution in [3.8, 4) is 0 Å². The van der Waals surface area contributed by atoms with Crippen LogP contribution in [0.3, 0.4) is 0 Å². The first kappa shape index (κ1) is 12.5. The summed E-state index contributed by atoms with van der Waals surface area (Å²) in [6, 6.07) is 4.92. The monoisotopic (exact) mass is 289 g/mol. The number of carboxylic acid groups (broad SMARTS) is 1. The summed E-state index contributed by atoms with van der Waals surface area (Å²) in [7, 11) is 0. The first-order chi connectivity index (χ1) is 7.06. The van der Waals surface area contributed by atoms with E-state index in [2.05, 4.69) is 15.9 Å². The van der Waals surface area contributed by atoms with Crippen LogP contribution in [-0.4, -0.2) is 23.4 Å². The van der Waals surface area contributed by atoms with Crippen molar-refractivity contribution >= 4 is 33.7 Å². The Balaban J connectivity index is 2.97. The minimum Gasteiger partial charge on any atom is -0.480 e.